The fourth-order valence-corrected chi connectivity index (χ4v) is 2.96. The van der Waals surface area contributed by atoms with Gasteiger partial charge in [0.15, 0.2) is 5.82 Å². The van der Waals surface area contributed by atoms with Crippen molar-refractivity contribution in [1.29, 1.82) is 0 Å². The highest BCUT2D eigenvalue weighted by atomic mass is 32.2. The summed E-state index contributed by atoms with van der Waals surface area (Å²) in [5.74, 6) is 1.24. The molecule has 2 aromatic rings. The summed E-state index contributed by atoms with van der Waals surface area (Å²) in [4.78, 5) is 22.9. The van der Waals surface area contributed by atoms with Gasteiger partial charge in [0.25, 0.3) is 0 Å². The summed E-state index contributed by atoms with van der Waals surface area (Å²) in [5, 5.41) is 0.721. The first-order valence-corrected chi connectivity index (χ1v) is 6.50. The van der Waals surface area contributed by atoms with E-state index in [4.69, 9.17) is 4.74 Å². The van der Waals surface area contributed by atoms with Crippen LogP contribution in [0.25, 0.3) is 0 Å². The van der Waals surface area contributed by atoms with Crippen molar-refractivity contribution in [3.63, 3.8) is 0 Å². The zero-order chi connectivity index (χ0) is 13.4. The number of benzene rings is 1. The third kappa shape index (κ3) is 1.94. The smallest absolute Gasteiger partial charge is 0.229 e. The van der Waals surface area contributed by atoms with Gasteiger partial charge in [-0.2, -0.15) is 0 Å². The van der Waals surface area contributed by atoms with Gasteiger partial charge >= 0.3 is 0 Å². The Balaban J connectivity index is 2.19. The van der Waals surface area contributed by atoms with Crippen molar-refractivity contribution in [1.82, 2.24) is 9.97 Å². The van der Waals surface area contributed by atoms with Gasteiger partial charge in [0.05, 0.1) is 12.8 Å². The molecule has 1 aliphatic rings. The third-order valence-corrected chi connectivity index (χ3v) is 3.82. The van der Waals surface area contributed by atoms with E-state index in [2.05, 4.69) is 9.97 Å². The van der Waals surface area contributed by atoms with Crippen LogP contribution < -0.4 is 9.64 Å². The van der Waals surface area contributed by atoms with Gasteiger partial charge in [0, 0.05) is 24.2 Å². The molecule has 0 N–H and O–H groups in total. The summed E-state index contributed by atoms with van der Waals surface area (Å²) in [6.07, 6.45) is 3.21. The Morgan fingerprint density at radius 2 is 2.11 bits per heavy atom. The molecule has 1 aliphatic heterocycles. The lowest BCUT2D eigenvalue weighted by atomic mass is 10.2. The predicted octanol–water partition coefficient (Wildman–Crippen LogP) is 2.63. The molecular weight excluding hydrogens is 262 g/mol. The average molecular weight is 273 g/mol. The van der Waals surface area contributed by atoms with E-state index in [1.807, 2.05) is 18.2 Å². The summed E-state index contributed by atoms with van der Waals surface area (Å²) < 4.78 is 5.21. The average Bonchev–Trinajstić information content (AvgIpc) is 2.43. The molecule has 1 aromatic heterocycles. The van der Waals surface area contributed by atoms with Crippen LogP contribution in [0.5, 0.6) is 5.75 Å². The number of hydrogen-bond donors (Lipinski definition) is 0. The lowest BCUT2D eigenvalue weighted by Gasteiger charge is -2.28. The number of methoxy groups -OCH3 is 1. The first kappa shape index (κ1) is 12.0. The molecule has 0 fully saturated rings. The number of amides is 1. The largest absolute Gasteiger partial charge is 0.497 e. The van der Waals surface area contributed by atoms with Crippen LogP contribution in [0.4, 0.5) is 11.5 Å². The zero-order valence-electron chi connectivity index (χ0n) is 10.5. The molecule has 0 spiro atoms. The van der Waals surface area contributed by atoms with Gasteiger partial charge in [-0.1, -0.05) is 11.8 Å². The Labute approximate surface area is 114 Å². The van der Waals surface area contributed by atoms with Gasteiger partial charge in [-0.05, 0) is 18.2 Å². The van der Waals surface area contributed by atoms with Crippen molar-refractivity contribution in [2.24, 2.45) is 0 Å². The Morgan fingerprint density at radius 1 is 1.32 bits per heavy atom. The number of ether oxygens (including phenoxy) is 1. The Morgan fingerprint density at radius 3 is 2.84 bits per heavy atom. The number of carbonyl (C=O) groups excluding carboxylic acids is 1. The maximum atomic E-state index is 11.9. The third-order valence-electron chi connectivity index (χ3n) is 2.79. The van der Waals surface area contributed by atoms with Crippen LogP contribution in [0, 0.1) is 0 Å². The second-order valence-electron chi connectivity index (χ2n) is 3.98. The van der Waals surface area contributed by atoms with Crippen LogP contribution in [0.1, 0.15) is 6.92 Å². The van der Waals surface area contributed by atoms with E-state index in [-0.39, 0.29) is 5.91 Å². The minimum Gasteiger partial charge on any atom is -0.497 e. The highest BCUT2D eigenvalue weighted by Crippen LogP contribution is 2.47. The van der Waals surface area contributed by atoms with Crippen molar-refractivity contribution >= 4 is 29.2 Å². The summed E-state index contributed by atoms with van der Waals surface area (Å²) in [6, 6.07) is 5.59. The van der Waals surface area contributed by atoms with Crippen molar-refractivity contribution < 1.29 is 9.53 Å². The highest BCUT2D eigenvalue weighted by molar-refractivity contribution is 7.99. The van der Waals surface area contributed by atoms with Crippen molar-refractivity contribution in [3.05, 3.63) is 30.6 Å². The Kier molecular flexibility index (Phi) is 2.87. The summed E-state index contributed by atoms with van der Waals surface area (Å²) >= 11 is 1.49. The second-order valence-corrected chi connectivity index (χ2v) is 5.01. The van der Waals surface area contributed by atoms with Crippen LogP contribution in [0.3, 0.4) is 0 Å². The maximum absolute atomic E-state index is 11.9. The number of nitrogens with zero attached hydrogens (tertiary/aromatic N) is 3. The topological polar surface area (TPSA) is 55.3 Å². The first-order chi connectivity index (χ1) is 9.20. The number of rotatable bonds is 1. The predicted molar refractivity (Wildman–Crippen MR) is 72.0 cm³/mol. The Bertz CT molecular complexity index is 660. The van der Waals surface area contributed by atoms with Crippen LogP contribution in [-0.4, -0.2) is 23.0 Å². The van der Waals surface area contributed by atoms with Gasteiger partial charge < -0.3 is 4.74 Å². The number of anilines is 2. The minimum absolute atomic E-state index is 0.0894. The Hall–Kier alpha value is -2.08. The van der Waals surface area contributed by atoms with Crippen LogP contribution in [-0.2, 0) is 4.79 Å². The fraction of sp³-hybridized carbons (Fsp3) is 0.154. The summed E-state index contributed by atoms with van der Waals surface area (Å²) in [6.45, 7) is 1.52. The number of aromatic nitrogens is 2. The first-order valence-electron chi connectivity index (χ1n) is 5.68. The molecule has 0 atom stereocenters. The molecule has 0 saturated heterocycles. The second kappa shape index (κ2) is 4.55. The summed E-state index contributed by atoms with van der Waals surface area (Å²) in [5.41, 5.74) is 0.811. The fourth-order valence-electron chi connectivity index (χ4n) is 1.97. The van der Waals surface area contributed by atoms with E-state index < -0.39 is 0 Å². The molecule has 3 rings (SSSR count). The van der Waals surface area contributed by atoms with Crippen molar-refractivity contribution in [3.8, 4) is 5.75 Å². The van der Waals surface area contributed by atoms with Crippen molar-refractivity contribution in [2.45, 2.75) is 16.8 Å². The molecule has 0 bridgehead atoms. The molecule has 5 nitrogen and oxygen atoms in total. The van der Waals surface area contributed by atoms with Gasteiger partial charge in [-0.3, -0.25) is 9.69 Å². The monoisotopic (exact) mass is 273 g/mol. The van der Waals surface area contributed by atoms with Crippen LogP contribution in [0.2, 0.25) is 0 Å². The van der Waals surface area contributed by atoms with Gasteiger partial charge in [0.2, 0.25) is 5.91 Å². The number of hydrogen-bond acceptors (Lipinski definition) is 5. The molecule has 1 amide bonds. The standard InChI is InChI=1S/C13H11N3O2S/c1-8(17)16-10-4-3-9(18-2)7-11(10)19-13-12(16)14-5-6-15-13/h3-7H,1-2H3. The molecular formula is C13H11N3O2S. The molecule has 96 valence electrons. The number of carbonyl (C=O) groups is 1. The van der Waals surface area contributed by atoms with Gasteiger partial charge in [-0.15, -0.1) is 0 Å². The number of fused-ring (bicyclic) bond motifs is 2. The molecule has 0 saturated carbocycles. The molecule has 1 aromatic carbocycles. The van der Waals surface area contributed by atoms with E-state index in [1.165, 1.54) is 18.7 Å². The van der Waals surface area contributed by atoms with Crippen LogP contribution >= 0.6 is 11.8 Å². The zero-order valence-corrected chi connectivity index (χ0v) is 11.3. The molecule has 6 heteroatoms. The SMILES string of the molecule is COc1ccc2c(c1)Sc1nccnc1N2C(C)=O. The lowest BCUT2D eigenvalue weighted by molar-refractivity contribution is -0.115. The van der Waals surface area contributed by atoms with E-state index in [1.54, 1.807) is 24.4 Å². The van der Waals surface area contributed by atoms with Crippen LogP contribution in [0.15, 0.2) is 40.5 Å². The molecule has 2 heterocycles. The van der Waals surface area contributed by atoms with Gasteiger partial charge in [-0.25, -0.2) is 9.97 Å². The van der Waals surface area contributed by atoms with Crippen molar-refractivity contribution in [2.75, 3.05) is 12.0 Å². The van der Waals surface area contributed by atoms with E-state index in [0.717, 1.165) is 21.4 Å². The van der Waals surface area contributed by atoms with E-state index in [0.29, 0.717) is 5.82 Å². The lowest BCUT2D eigenvalue weighted by Crippen LogP contribution is -2.27. The molecule has 0 aliphatic carbocycles. The quantitative estimate of drug-likeness (QED) is 0.799. The molecule has 0 radical (unpaired) electrons. The molecule has 19 heavy (non-hydrogen) atoms. The summed E-state index contributed by atoms with van der Waals surface area (Å²) in [7, 11) is 1.62. The molecule has 0 unspecified atom stereocenters. The minimum atomic E-state index is -0.0894. The van der Waals surface area contributed by atoms with E-state index in [9.17, 15) is 4.79 Å². The highest BCUT2D eigenvalue weighted by Gasteiger charge is 2.28. The maximum Gasteiger partial charge on any atom is 0.229 e. The van der Waals surface area contributed by atoms with Gasteiger partial charge in [0.1, 0.15) is 10.8 Å². The van der Waals surface area contributed by atoms with E-state index >= 15 is 0 Å². The normalized spacial score (nSPS) is 12.6.